The van der Waals surface area contributed by atoms with Gasteiger partial charge in [0.25, 0.3) is 0 Å². The fourth-order valence-corrected chi connectivity index (χ4v) is 3.57. The first-order chi connectivity index (χ1) is 12.6. The lowest BCUT2D eigenvalue weighted by Gasteiger charge is -2.22. The summed E-state index contributed by atoms with van der Waals surface area (Å²) in [6, 6.07) is 4.07. The first kappa shape index (κ1) is 20.1. The number of thiazole rings is 1. The quantitative estimate of drug-likeness (QED) is 0.588. The zero-order valence-electron chi connectivity index (χ0n) is 13.9. The summed E-state index contributed by atoms with van der Waals surface area (Å²) in [6.45, 7) is 0.0539. The van der Waals surface area contributed by atoms with Gasteiger partial charge in [-0.1, -0.05) is 12.1 Å². The first-order valence-electron chi connectivity index (χ1n) is 8.12. The summed E-state index contributed by atoms with van der Waals surface area (Å²) in [5.74, 6) is 0. The molecular formula is C17H15F6NO2S. The molecule has 148 valence electrons. The van der Waals surface area contributed by atoms with Gasteiger partial charge in [0.05, 0.1) is 17.9 Å². The average Bonchev–Trinajstić information content (AvgIpc) is 3.05. The molecule has 1 saturated heterocycles. The highest BCUT2D eigenvalue weighted by Crippen LogP contribution is 2.41. The zero-order valence-corrected chi connectivity index (χ0v) is 14.7. The van der Waals surface area contributed by atoms with Gasteiger partial charge in [0.2, 0.25) is 0 Å². The SMILES string of the molecule is FC(F)(F)c1cccc(-c2nc(COC3CCCCO3)c(C(F)(F)F)s2)c1. The van der Waals surface area contributed by atoms with Crippen molar-refractivity contribution in [1.29, 1.82) is 0 Å². The maximum atomic E-state index is 13.3. The number of nitrogens with zero attached hydrogens (tertiary/aromatic N) is 1. The van der Waals surface area contributed by atoms with Gasteiger partial charge in [-0.15, -0.1) is 11.3 Å². The van der Waals surface area contributed by atoms with Crippen LogP contribution in [0.4, 0.5) is 26.3 Å². The molecule has 10 heteroatoms. The molecule has 1 aliphatic rings. The van der Waals surface area contributed by atoms with Crippen LogP contribution in [0.3, 0.4) is 0 Å². The summed E-state index contributed by atoms with van der Waals surface area (Å²) in [5, 5.41) is -0.142. The van der Waals surface area contributed by atoms with Crippen LogP contribution >= 0.6 is 11.3 Å². The van der Waals surface area contributed by atoms with E-state index in [9.17, 15) is 26.3 Å². The van der Waals surface area contributed by atoms with Gasteiger partial charge in [0, 0.05) is 12.2 Å². The van der Waals surface area contributed by atoms with Crippen molar-refractivity contribution < 1.29 is 35.8 Å². The molecule has 1 aromatic carbocycles. The normalized spacial score (nSPS) is 18.7. The lowest BCUT2D eigenvalue weighted by molar-refractivity contribution is -0.172. The van der Waals surface area contributed by atoms with Gasteiger partial charge in [-0.2, -0.15) is 26.3 Å². The van der Waals surface area contributed by atoms with Crippen LogP contribution in [0.5, 0.6) is 0 Å². The summed E-state index contributed by atoms with van der Waals surface area (Å²) in [6.07, 6.45) is -7.58. The molecule has 3 nitrogen and oxygen atoms in total. The van der Waals surface area contributed by atoms with Gasteiger partial charge < -0.3 is 9.47 Å². The topological polar surface area (TPSA) is 31.4 Å². The predicted octanol–water partition coefficient (Wildman–Crippen LogP) is 5.89. The first-order valence-corrected chi connectivity index (χ1v) is 8.94. The molecule has 2 heterocycles. The van der Waals surface area contributed by atoms with Crippen LogP contribution < -0.4 is 0 Å². The largest absolute Gasteiger partial charge is 0.427 e. The van der Waals surface area contributed by atoms with Gasteiger partial charge in [-0.05, 0) is 31.4 Å². The van der Waals surface area contributed by atoms with Crippen LogP contribution in [0.1, 0.15) is 35.4 Å². The van der Waals surface area contributed by atoms with Crippen LogP contribution in [0, 0.1) is 0 Å². The third-order valence-electron chi connectivity index (χ3n) is 3.94. The van der Waals surface area contributed by atoms with Crippen LogP contribution in [0.2, 0.25) is 0 Å². The van der Waals surface area contributed by atoms with E-state index in [4.69, 9.17) is 9.47 Å². The Morgan fingerprint density at radius 2 is 1.89 bits per heavy atom. The zero-order chi connectivity index (χ0) is 19.7. The summed E-state index contributed by atoms with van der Waals surface area (Å²) < 4.78 is 89.2. The summed E-state index contributed by atoms with van der Waals surface area (Å²) >= 11 is 0.301. The van der Waals surface area contributed by atoms with E-state index in [1.165, 1.54) is 6.07 Å². The maximum Gasteiger partial charge on any atom is 0.427 e. The predicted molar refractivity (Wildman–Crippen MR) is 85.9 cm³/mol. The molecule has 1 aromatic heterocycles. The van der Waals surface area contributed by atoms with E-state index in [0.29, 0.717) is 24.4 Å². The van der Waals surface area contributed by atoms with Gasteiger partial charge in [0.15, 0.2) is 6.29 Å². The molecule has 2 aromatic rings. The fraction of sp³-hybridized carbons (Fsp3) is 0.471. The van der Waals surface area contributed by atoms with Crippen molar-refractivity contribution in [2.45, 2.75) is 44.5 Å². The van der Waals surface area contributed by atoms with Crippen molar-refractivity contribution in [2.75, 3.05) is 6.61 Å². The fourth-order valence-electron chi connectivity index (χ4n) is 2.64. The smallest absolute Gasteiger partial charge is 0.353 e. The van der Waals surface area contributed by atoms with Crippen LogP contribution in [-0.2, 0) is 28.4 Å². The second-order valence-corrected chi connectivity index (χ2v) is 6.98. The standard InChI is InChI=1S/C17H15F6NO2S/c18-16(19,20)11-5-3-4-10(8-11)15-24-12(14(27-15)17(21,22)23)9-26-13-6-1-2-7-25-13/h3-5,8,13H,1-2,6-7,9H2. The monoisotopic (exact) mass is 411 g/mol. The lowest BCUT2D eigenvalue weighted by Crippen LogP contribution is -2.22. The number of halogens is 6. The van der Waals surface area contributed by atoms with Crippen molar-refractivity contribution in [3.05, 3.63) is 40.4 Å². The summed E-state index contributed by atoms with van der Waals surface area (Å²) in [4.78, 5) is 2.92. The number of rotatable bonds is 4. The van der Waals surface area contributed by atoms with E-state index in [0.717, 1.165) is 31.0 Å². The van der Waals surface area contributed by atoms with Crippen LogP contribution in [-0.4, -0.2) is 17.9 Å². The maximum absolute atomic E-state index is 13.3. The van der Waals surface area contributed by atoms with Crippen LogP contribution in [0.25, 0.3) is 10.6 Å². The Bertz CT molecular complexity index is 780. The molecule has 0 amide bonds. The van der Waals surface area contributed by atoms with Crippen molar-refractivity contribution in [2.24, 2.45) is 0 Å². The molecule has 1 atom stereocenters. The van der Waals surface area contributed by atoms with Gasteiger partial charge in [-0.25, -0.2) is 4.98 Å². The minimum atomic E-state index is -4.68. The van der Waals surface area contributed by atoms with E-state index < -0.39 is 35.7 Å². The van der Waals surface area contributed by atoms with E-state index in [2.05, 4.69) is 4.98 Å². The molecule has 3 rings (SSSR count). The highest BCUT2D eigenvalue weighted by Gasteiger charge is 2.38. The molecule has 0 radical (unpaired) electrons. The summed E-state index contributed by atoms with van der Waals surface area (Å²) in [7, 11) is 0. The molecule has 0 N–H and O–H groups in total. The van der Waals surface area contributed by atoms with Crippen molar-refractivity contribution >= 4 is 11.3 Å². The third kappa shape index (κ3) is 4.99. The second kappa shape index (κ2) is 7.76. The van der Waals surface area contributed by atoms with Gasteiger partial charge >= 0.3 is 12.4 Å². The number of alkyl halides is 6. The molecule has 1 unspecified atom stereocenters. The Labute approximate surface area is 154 Å². The Kier molecular flexibility index (Phi) is 5.78. The third-order valence-corrected chi connectivity index (χ3v) is 5.13. The molecule has 27 heavy (non-hydrogen) atoms. The molecule has 0 saturated carbocycles. The Morgan fingerprint density at radius 3 is 2.52 bits per heavy atom. The number of hydrogen-bond acceptors (Lipinski definition) is 4. The molecule has 0 aliphatic carbocycles. The van der Waals surface area contributed by atoms with E-state index in [-0.39, 0.29) is 16.3 Å². The van der Waals surface area contributed by atoms with E-state index >= 15 is 0 Å². The highest BCUT2D eigenvalue weighted by atomic mass is 32.1. The van der Waals surface area contributed by atoms with Crippen molar-refractivity contribution in [3.63, 3.8) is 0 Å². The van der Waals surface area contributed by atoms with E-state index in [1.54, 1.807) is 0 Å². The van der Waals surface area contributed by atoms with Crippen molar-refractivity contribution in [1.82, 2.24) is 4.98 Å². The average molecular weight is 411 g/mol. The van der Waals surface area contributed by atoms with Crippen molar-refractivity contribution in [3.8, 4) is 10.6 Å². The Morgan fingerprint density at radius 1 is 1.11 bits per heavy atom. The van der Waals surface area contributed by atoms with Gasteiger partial charge in [0.1, 0.15) is 9.88 Å². The minimum absolute atomic E-state index is 0.0273. The molecule has 1 aliphatic heterocycles. The second-order valence-electron chi connectivity index (χ2n) is 5.98. The lowest BCUT2D eigenvalue weighted by atomic mass is 10.1. The minimum Gasteiger partial charge on any atom is -0.353 e. The highest BCUT2D eigenvalue weighted by molar-refractivity contribution is 7.15. The number of ether oxygens (including phenoxy) is 2. The van der Waals surface area contributed by atoms with Crippen LogP contribution in [0.15, 0.2) is 24.3 Å². The number of aromatic nitrogens is 1. The summed E-state index contributed by atoms with van der Waals surface area (Å²) in [5.41, 5.74) is -1.33. The molecule has 0 bridgehead atoms. The number of benzene rings is 1. The van der Waals surface area contributed by atoms with Gasteiger partial charge in [-0.3, -0.25) is 0 Å². The Balaban J connectivity index is 1.87. The Hall–Kier alpha value is -1.65. The number of hydrogen-bond donors (Lipinski definition) is 0. The molecule has 1 fully saturated rings. The molecular weight excluding hydrogens is 396 g/mol. The van der Waals surface area contributed by atoms with E-state index in [1.807, 2.05) is 0 Å². The molecule has 0 spiro atoms.